The van der Waals surface area contributed by atoms with E-state index in [4.69, 9.17) is 16.3 Å². The van der Waals surface area contributed by atoms with E-state index in [1.54, 1.807) is 19.4 Å². The third-order valence-corrected chi connectivity index (χ3v) is 3.71. The molecule has 6 nitrogen and oxygen atoms in total. The zero-order chi connectivity index (χ0) is 14.8. The van der Waals surface area contributed by atoms with E-state index in [0.717, 1.165) is 18.8 Å². The summed E-state index contributed by atoms with van der Waals surface area (Å²) in [6.07, 6.45) is 3.66. The van der Waals surface area contributed by atoms with Crippen LogP contribution in [0.1, 0.15) is 6.42 Å². The van der Waals surface area contributed by atoms with E-state index in [9.17, 15) is 5.11 Å². The zero-order valence-electron chi connectivity index (χ0n) is 11.5. The van der Waals surface area contributed by atoms with Crippen LogP contribution in [0, 0.1) is 0 Å². The molecule has 1 saturated heterocycles. The van der Waals surface area contributed by atoms with Crippen LogP contribution >= 0.6 is 11.6 Å². The van der Waals surface area contributed by atoms with Crippen molar-refractivity contribution >= 4 is 17.4 Å². The van der Waals surface area contributed by atoms with Crippen molar-refractivity contribution in [1.29, 1.82) is 0 Å². The number of rotatable bonds is 3. The molecule has 2 aromatic rings. The quantitative estimate of drug-likeness (QED) is 0.932. The highest BCUT2D eigenvalue weighted by molar-refractivity contribution is 6.33. The maximum atomic E-state index is 9.63. The van der Waals surface area contributed by atoms with Crippen LogP contribution in [0.4, 0.5) is 5.82 Å². The van der Waals surface area contributed by atoms with Crippen molar-refractivity contribution in [1.82, 2.24) is 15.0 Å². The van der Waals surface area contributed by atoms with Gasteiger partial charge >= 0.3 is 0 Å². The number of nitrogens with zero attached hydrogens (tertiary/aromatic N) is 4. The van der Waals surface area contributed by atoms with Crippen LogP contribution in [0.2, 0.25) is 5.02 Å². The van der Waals surface area contributed by atoms with Gasteiger partial charge in [0.25, 0.3) is 0 Å². The van der Waals surface area contributed by atoms with Crippen LogP contribution < -0.4 is 9.64 Å². The minimum atomic E-state index is -0.298. The third-order valence-electron chi connectivity index (χ3n) is 3.41. The first kappa shape index (κ1) is 14.0. The summed E-state index contributed by atoms with van der Waals surface area (Å²) in [4.78, 5) is 14.9. The summed E-state index contributed by atoms with van der Waals surface area (Å²) in [6.45, 7) is 1.37. The number of hydrogen-bond acceptors (Lipinski definition) is 6. The molecule has 1 N–H and O–H groups in total. The Hall–Kier alpha value is -1.92. The highest BCUT2D eigenvalue weighted by Gasteiger charge is 2.22. The molecule has 110 valence electrons. The van der Waals surface area contributed by atoms with Gasteiger partial charge in [-0.1, -0.05) is 11.6 Å². The number of aromatic nitrogens is 3. The van der Waals surface area contributed by atoms with Crippen molar-refractivity contribution in [3.05, 3.63) is 29.5 Å². The number of ether oxygens (including phenoxy) is 1. The van der Waals surface area contributed by atoms with E-state index in [1.165, 1.54) is 6.20 Å². The first-order chi connectivity index (χ1) is 10.2. The molecule has 0 radical (unpaired) electrons. The van der Waals surface area contributed by atoms with Gasteiger partial charge < -0.3 is 14.7 Å². The van der Waals surface area contributed by atoms with Crippen LogP contribution in [0.5, 0.6) is 5.88 Å². The Kier molecular flexibility index (Phi) is 3.90. The van der Waals surface area contributed by atoms with E-state index in [1.807, 2.05) is 11.0 Å². The Bertz CT molecular complexity index is 653. The lowest BCUT2D eigenvalue weighted by Gasteiger charge is -2.17. The summed E-state index contributed by atoms with van der Waals surface area (Å²) in [5, 5.41) is 10.1. The van der Waals surface area contributed by atoms with Crippen LogP contribution in [0.15, 0.2) is 24.5 Å². The lowest BCUT2D eigenvalue weighted by atomic mass is 10.2. The molecular weight excluding hydrogens is 292 g/mol. The number of aliphatic hydroxyl groups is 1. The second-order valence-corrected chi connectivity index (χ2v) is 5.24. The van der Waals surface area contributed by atoms with E-state index in [2.05, 4.69) is 15.0 Å². The van der Waals surface area contributed by atoms with Gasteiger partial charge in [0.1, 0.15) is 5.82 Å². The van der Waals surface area contributed by atoms with Crippen molar-refractivity contribution in [2.45, 2.75) is 12.5 Å². The normalized spacial score (nSPS) is 18.0. The molecule has 1 fully saturated rings. The number of β-amino-alcohol motifs (C(OH)–C–C–N with tert-alkyl or cyclic N) is 1. The molecule has 2 aromatic heterocycles. The Balaban J connectivity index is 1.96. The fraction of sp³-hybridized carbons (Fsp3) is 0.357. The Labute approximate surface area is 127 Å². The van der Waals surface area contributed by atoms with E-state index >= 15 is 0 Å². The smallest absolute Gasteiger partial charge is 0.213 e. The number of methoxy groups -OCH3 is 1. The molecule has 1 aliphatic rings. The van der Waals surface area contributed by atoms with Gasteiger partial charge in [-0.15, -0.1) is 0 Å². The summed E-state index contributed by atoms with van der Waals surface area (Å²) in [7, 11) is 1.54. The molecular formula is C14H15ClN4O2. The third kappa shape index (κ3) is 2.91. The average molecular weight is 307 g/mol. The summed E-state index contributed by atoms with van der Waals surface area (Å²) in [5.41, 5.74) is 0.671. The van der Waals surface area contributed by atoms with Crippen molar-refractivity contribution < 1.29 is 9.84 Å². The van der Waals surface area contributed by atoms with Gasteiger partial charge in [0.15, 0.2) is 5.82 Å². The minimum Gasteiger partial charge on any atom is -0.481 e. The van der Waals surface area contributed by atoms with Crippen molar-refractivity contribution in [3.63, 3.8) is 0 Å². The standard InChI is InChI=1S/C14H15ClN4O2/c1-21-13-6-10(11(15)7-17-13)14-16-4-2-12(18-14)19-5-3-9(20)8-19/h2,4,6-7,9,20H,3,5,8H2,1H3/t9-/m0/s1. The largest absolute Gasteiger partial charge is 0.481 e. The zero-order valence-corrected chi connectivity index (χ0v) is 12.3. The molecule has 0 aliphatic carbocycles. The highest BCUT2D eigenvalue weighted by atomic mass is 35.5. The second kappa shape index (κ2) is 5.83. The topological polar surface area (TPSA) is 71.4 Å². The first-order valence-corrected chi connectivity index (χ1v) is 7.01. The molecule has 1 atom stereocenters. The molecule has 0 bridgehead atoms. The van der Waals surface area contributed by atoms with Gasteiger partial charge in [0, 0.05) is 30.9 Å². The van der Waals surface area contributed by atoms with Crippen LogP contribution in [-0.4, -0.2) is 46.4 Å². The molecule has 3 rings (SSSR count). The van der Waals surface area contributed by atoms with Crippen LogP contribution in [0.25, 0.3) is 11.4 Å². The predicted octanol–water partition coefficient (Wildman–Crippen LogP) is 1.77. The monoisotopic (exact) mass is 306 g/mol. The lowest BCUT2D eigenvalue weighted by Crippen LogP contribution is -2.22. The van der Waals surface area contributed by atoms with Gasteiger partial charge in [-0.25, -0.2) is 15.0 Å². The maximum absolute atomic E-state index is 9.63. The molecule has 1 aliphatic heterocycles. The van der Waals surface area contributed by atoms with E-state index in [-0.39, 0.29) is 6.10 Å². The fourth-order valence-electron chi connectivity index (χ4n) is 2.31. The number of anilines is 1. The first-order valence-electron chi connectivity index (χ1n) is 6.63. The summed E-state index contributed by atoms with van der Waals surface area (Å²) in [6, 6.07) is 3.54. The van der Waals surface area contributed by atoms with Crippen LogP contribution in [0.3, 0.4) is 0 Å². The lowest BCUT2D eigenvalue weighted by molar-refractivity contribution is 0.198. The van der Waals surface area contributed by atoms with Crippen molar-refractivity contribution in [2.75, 3.05) is 25.1 Å². The van der Waals surface area contributed by atoms with Crippen molar-refractivity contribution in [3.8, 4) is 17.3 Å². The Morgan fingerprint density at radius 1 is 1.43 bits per heavy atom. The number of pyridine rings is 1. The van der Waals surface area contributed by atoms with Gasteiger partial charge in [0.05, 0.1) is 24.4 Å². The average Bonchev–Trinajstić information content (AvgIpc) is 2.94. The number of hydrogen-bond donors (Lipinski definition) is 1. The Morgan fingerprint density at radius 3 is 3.00 bits per heavy atom. The fourth-order valence-corrected chi connectivity index (χ4v) is 2.50. The second-order valence-electron chi connectivity index (χ2n) is 4.83. The number of aliphatic hydroxyl groups excluding tert-OH is 1. The molecule has 0 spiro atoms. The maximum Gasteiger partial charge on any atom is 0.213 e. The molecule has 7 heteroatoms. The summed E-state index contributed by atoms with van der Waals surface area (Å²) >= 11 is 6.17. The molecule has 0 aromatic carbocycles. The number of halogens is 1. The highest BCUT2D eigenvalue weighted by Crippen LogP contribution is 2.29. The molecule has 3 heterocycles. The van der Waals surface area contributed by atoms with Crippen LogP contribution in [-0.2, 0) is 0 Å². The minimum absolute atomic E-state index is 0.298. The van der Waals surface area contributed by atoms with Gasteiger partial charge in [-0.3, -0.25) is 0 Å². The molecule has 0 saturated carbocycles. The van der Waals surface area contributed by atoms with Gasteiger partial charge in [-0.05, 0) is 12.5 Å². The molecule has 0 unspecified atom stereocenters. The SMILES string of the molecule is COc1cc(-c2nccc(N3CC[C@H](O)C3)n2)c(Cl)cn1. The Morgan fingerprint density at radius 2 is 2.29 bits per heavy atom. The van der Waals surface area contributed by atoms with E-state index < -0.39 is 0 Å². The molecule has 0 amide bonds. The predicted molar refractivity (Wildman–Crippen MR) is 79.7 cm³/mol. The summed E-state index contributed by atoms with van der Waals surface area (Å²) in [5.74, 6) is 1.75. The van der Waals surface area contributed by atoms with Gasteiger partial charge in [-0.2, -0.15) is 0 Å². The van der Waals surface area contributed by atoms with Crippen molar-refractivity contribution in [2.24, 2.45) is 0 Å². The van der Waals surface area contributed by atoms with E-state index in [0.29, 0.717) is 28.8 Å². The summed E-state index contributed by atoms with van der Waals surface area (Å²) < 4.78 is 5.11. The molecule has 21 heavy (non-hydrogen) atoms. The van der Waals surface area contributed by atoms with Gasteiger partial charge in [0.2, 0.25) is 5.88 Å².